The molecule has 0 aliphatic heterocycles. The fraction of sp³-hybridized carbons (Fsp3) is 0.0588. The van der Waals surface area contributed by atoms with Crippen LogP contribution >= 0.6 is 11.6 Å². The number of halogens is 4. The van der Waals surface area contributed by atoms with Gasteiger partial charge in [-0.1, -0.05) is 23.7 Å². The molecule has 5 nitrogen and oxygen atoms in total. The minimum atomic E-state index is -4.51. The first kappa shape index (κ1) is 17.8. The Balaban J connectivity index is 2.15. The van der Waals surface area contributed by atoms with Crippen molar-refractivity contribution in [1.29, 1.82) is 0 Å². The Labute approximate surface area is 150 Å². The molecule has 1 N–H and O–H groups in total. The Hall–Kier alpha value is -3.00. The zero-order valence-electron chi connectivity index (χ0n) is 12.9. The summed E-state index contributed by atoms with van der Waals surface area (Å²) >= 11 is 5.84. The molecule has 0 unspecified atom stereocenters. The lowest BCUT2D eigenvalue weighted by atomic mass is 10.1. The molecule has 26 heavy (non-hydrogen) atoms. The van der Waals surface area contributed by atoms with E-state index < -0.39 is 17.9 Å². The Morgan fingerprint density at radius 1 is 1.12 bits per heavy atom. The predicted octanol–water partition coefficient (Wildman–Crippen LogP) is 5.27. The molecule has 0 bridgehead atoms. The predicted molar refractivity (Wildman–Crippen MR) is 87.7 cm³/mol. The van der Waals surface area contributed by atoms with Gasteiger partial charge in [0.1, 0.15) is 0 Å². The third-order valence-corrected chi connectivity index (χ3v) is 3.69. The number of nitrogens with zero attached hydrogens (tertiary/aromatic N) is 2. The number of carboxylic acid groups (broad SMARTS) is 1. The van der Waals surface area contributed by atoms with E-state index in [9.17, 15) is 18.0 Å². The molecular weight excluding hydrogens is 373 g/mol. The number of ether oxygens (including phenoxy) is 1. The van der Waals surface area contributed by atoms with Crippen LogP contribution in [0.1, 0.15) is 5.56 Å². The van der Waals surface area contributed by atoms with E-state index in [0.717, 1.165) is 12.1 Å². The summed E-state index contributed by atoms with van der Waals surface area (Å²) in [7, 11) is 0. The van der Waals surface area contributed by atoms with Gasteiger partial charge in [0, 0.05) is 16.7 Å². The molecule has 0 spiro atoms. The second kappa shape index (κ2) is 6.72. The van der Waals surface area contributed by atoms with Crippen LogP contribution < -0.4 is 4.74 Å². The van der Waals surface area contributed by atoms with E-state index >= 15 is 0 Å². The molecule has 2 aromatic carbocycles. The van der Waals surface area contributed by atoms with Gasteiger partial charge in [0.2, 0.25) is 5.88 Å². The summed E-state index contributed by atoms with van der Waals surface area (Å²) in [6.45, 7) is 0. The Bertz CT molecular complexity index is 953. The number of aromatic nitrogens is 2. The number of hydrogen-bond acceptors (Lipinski definition) is 3. The lowest BCUT2D eigenvalue weighted by Crippen LogP contribution is -2.05. The number of benzene rings is 2. The lowest BCUT2D eigenvalue weighted by Gasteiger charge is -2.10. The van der Waals surface area contributed by atoms with E-state index in [4.69, 9.17) is 16.7 Å². The maximum Gasteiger partial charge on any atom is 0.512 e. The van der Waals surface area contributed by atoms with Crippen LogP contribution in [-0.2, 0) is 6.18 Å². The number of alkyl halides is 3. The second-order valence-corrected chi connectivity index (χ2v) is 5.64. The molecule has 134 valence electrons. The highest BCUT2D eigenvalue weighted by atomic mass is 35.5. The van der Waals surface area contributed by atoms with Gasteiger partial charge in [0.25, 0.3) is 0 Å². The van der Waals surface area contributed by atoms with E-state index in [1.807, 2.05) is 0 Å². The van der Waals surface area contributed by atoms with Gasteiger partial charge in [-0.2, -0.15) is 13.2 Å². The normalized spacial score (nSPS) is 11.4. The van der Waals surface area contributed by atoms with Gasteiger partial charge in [0.15, 0.2) is 0 Å². The van der Waals surface area contributed by atoms with Gasteiger partial charge in [-0.15, -0.1) is 5.10 Å². The first-order valence-corrected chi connectivity index (χ1v) is 7.56. The van der Waals surface area contributed by atoms with Crippen LogP contribution in [0.5, 0.6) is 5.88 Å². The maximum atomic E-state index is 13.0. The van der Waals surface area contributed by atoms with Gasteiger partial charge in [-0.05, 0) is 36.4 Å². The van der Waals surface area contributed by atoms with Crippen molar-refractivity contribution in [3.63, 3.8) is 0 Å². The highest BCUT2D eigenvalue weighted by molar-refractivity contribution is 6.30. The van der Waals surface area contributed by atoms with Crippen molar-refractivity contribution in [2.24, 2.45) is 0 Å². The highest BCUT2D eigenvalue weighted by Crippen LogP contribution is 2.34. The molecule has 3 rings (SSSR count). The first-order chi connectivity index (χ1) is 12.2. The van der Waals surface area contributed by atoms with E-state index in [0.29, 0.717) is 10.7 Å². The lowest BCUT2D eigenvalue weighted by molar-refractivity contribution is -0.137. The average molecular weight is 383 g/mol. The summed E-state index contributed by atoms with van der Waals surface area (Å²) < 4.78 is 44.8. The van der Waals surface area contributed by atoms with Crippen LogP contribution in [0.2, 0.25) is 5.02 Å². The number of carbonyl (C=O) groups is 1. The van der Waals surface area contributed by atoms with Crippen LogP contribution in [0.4, 0.5) is 18.0 Å². The molecule has 0 radical (unpaired) electrons. The Morgan fingerprint density at radius 3 is 2.42 bits per heavy atom. The fourth-order valence-electron chi connectivity index (χ4n) is 2.34. The van der Waals surface area contributed by atoms with Gasteiger partial charge in [-0.3, -0.25) is 0 Å². The van der Waals surface area contributed by atoms with Gasteiger partial charge in [-0.25, -0.2) is 9.48 Å². The third kappa shape index (κ3) is 3.80. The highest BCUT2D eigenvalue weighted by Gasteiger charge is 2.30. The Morgan fingerprint density at radius 2 is 1.81 bits per heavy atom. The largest absolute Gasteiger partial charge is 0.512 e. The summed E-state index contributed by atoms with van der Waals surface area (Å²) in [4.78, 5) is 10.8. The summed E-state index contributed by atoms with van der Waals surface area (Å²) in [5, 5.41) is 13.2. The smallest absolute Gasteiger partial charge is 0.449 e. The quantitative estimate of drug-likeness (QED) is 0.627. The molecule has 0 saturated heterocycles. The van der Waals surface area contributed by atoms with Crippen LogP contribution in [-0.4, -0.2) is 21.0 Å². The molecule has 1 aromatic heterocycles. The molecule has 3 aromatic rings. The zero-order chi connectivity index (χ0) is 18.9. The SMILES string of the molecule is O=C(O)Oc1cc(-c2cccc(C(F)(F)F)c2)n(-c2ccc(Cl)cc2)n1. The van der Waals surface area contributed by atoms with Crippen molar-refractivity contribution >= 4 is 17.8 Å². The molecule has 0 aliphatic rings. The van der Waals surface area contributed by atoms with Crippen molar-refractivity contribution in [3.8, 4) is 22.8 Å². The molecule has 0 amide bonds. The molecule has 9 heteroatoms. The standard InChI is InChI=1S/C17H10ClF3N2O3/c18-12-4-6-13(7-5-12)23-14(9-15(22-23)26-16(24)25)10-2-1-3-11(8-10)17(19,20)21/h1-9H,(H,24,25). The molecule has 0 aliphatic carbocycles. The van der Waals surface area contributed by atoms with Crippen LogP contribution in [0.15, 0.2) is 54.6 Å². The maximum absolute atomic E-state index is 13.0. The van der Waals surface area contributed by atoms with Crippen molar-refractivity contribution in [3.05, 3.63) is 65.2 Å². The van der Waals surface area contributed by atoms with Crippen molar-refractivity contribution < 1.29 is 27.8 Å². The van der Waals surface area contributed by atoms with Gasteiger partial charge < -0.3 is 9.84 Å². The van der Waals surface area contributed by atoms with Crippen LogP contribution in [0.3, 0.4) is 0 Å². The van der Waals surface area contributed by atoms with Gasteiger partial charge >= 0.3 is 12.3 Å². The van der Waals surface area contributed by atoms with Gasteiger partial charge in [0.05, 0.1) is 16.9 Å². The van der Waals surface area contributed by atoms with Crippen LogP contribution in [0, 0.1) is 0 Å². The van der Waals surface area contributed by atoms with E-state index in [1.165, 1.54) is 22.9 Å². The molecule has 0 atom stereocenters. The van der Waals surface area contributed by atoms with E-state index in [1.54, 1.807) is 24.3 Å². The average Bonchev–Trinajstić information content (AvgIpc) is 2.98. The van der Waals surface area contributed by atoms with Crippen molar-refractivity contribution in [1.82, 2.24) is 9.78 Å². The third-order valence-electron chi connectivity index (χ3n) is 3.44. The zero-order valence-corrected chi connectivity index (χ0v) is 13.6. The number of rotatable bonds is 3. The summed E-state index contributed by atoms with van der Waals surface area (Å²) in [5.41, 5.74) is 0.0683. The minimum absolute atomic E-state index is 0.197. The fourth-order valence-corrected chi connectivity index (χ4v) is 2.46. The van der Waals surface area contributed by atoms with Crippen LogP contribution in [0.25, 0.3) is 16.9 Å². The second-order valence-electron chi connectivity index (χ2n) is 5.20. The topological polar surface area (TPSA) is 64.3 Å². The summed E-state index contributed by atoms with van der Waals surface area (Å²) in [5.74, 6) is -0.264. The molecular formula is C17H10ClF3N2O3. The first-order valence-electron chi connectivity index (χ1n) is 7.18. The summed E-state index contributed by atoms with van der Waals surface area (Å²) in [6.07, 6.45) is -6.09. The molecule has 1 heterocycles. The number of hydrogen-bond donors (Lipinski definition) is 1. The van der Waals surface area contributed by atoms with Crippen molar-refractivity contribution in [2.45, 2.75) is 6.18 Å². The van der Waals surface area contributed by atoms with E-state index in [-0.39, 0.29) is 17.1 Å². The monoisotopic (exact) mass is 382 g/mol. The van der Waals surface area contributed by atoms with E-state index in [2.05, 4.69) is 9.84 Å². The Kier molecular flexibility index (Phi) is 4.60. The van der Waals surface area contributed by atoms with Crippen molar-refractivity contribution in [2.75, 3.05) is 0 Å². The summed E-state index contributed by atoms with van der Waals surface area (Å²) in [6, 6.07) is 12.2. The molecule has 0 saturated carbocycles. The minimum Gasteiger partial charge on any atom is -0.449 e. The molecule has 0 fully saturated rings.